The number of halogens is 1. The summed E-state index contributed by atoms with van der Waals surface area (Å²) in [6.07, 6.45) is 3.38. The van der Waals surface area contributed by atoms with Gasteiger partial charge in [0.05, 0.1) is 18.4 Å². The van der Waals surface area contributed by atoms with E-state index in [0.717, 1.165) is 49.3 Å². The number of guanidine groups is 1. The monoisotopic (exact) mass is 510 g/mol. The van der Waals surface area contributed by atoms with Crippen LogP contribution in [0.1, 0.15) is 43.7 Å². The molecule has 0 amide bonds. The summed E-state index contributed by atoms with van der Waals surface area (Å²) >= 11 is 0. The molecule has 0 saturated heterocycles. The van der Waals surface area contributed by atoms with Gasteiger partial charge in [-0.15, -0.1) is 24.0 Å². The topological polar surface area (TPSA) is 103 Å². The maximum Gasteiger partial charge on any atom is 0.215 e. The average molecular weight is 510 g/mol. The van der Waals surface area contributed by atoms with Gasteiger partial charge in [0.1, 0.15) is 0 Å². The zero-order chi connectivity index (χ0) is 19.0. The van der Waals surface area contributed by atoms with Crippen LogP contribution in [0.15, 0.2) is 29.3 Å². The van der Waals surface area contributed by atoms with Crippen LogP contribution in [-0.2, 0) is 22.3 Å². The summed E-state index contributed by atoms with van der Waals surface area (Å²) in [4.78, 5) is 4.62. The number of aliphatic hydroxyl groups is 1. The Bertz CT molecular complexity index is 687. The van der Waals surface area contributed by atoms with Crippen molar-refractivity contribution < 1.29 is 13.5 Å². The largest absolute Gasteiger partial charge is 0.393 e. The van der Waals surface area contributed by atoms with Crippen molar-refractivity contribution in [1.29, 1.82) is 0 Å². The van der Waals surface area contributed by atoms with Crippen molar-refractivity contribution in [1.82, 2.24) is 15.4 Å². The van der Waals surface area contributed by atoms with Crippen molar-refractivity contribution in [3.8, 4) is 0 Å². The molecule has 4 N–H and O–H groups in total. The molecule has 27 heavy (non-hydrogen) atoms. The highest BCUT2D eigenvalue weighted by Gasteiger charge is 2.19. The fourth-order valence-corrected chi connectivity index (χ4v) is 3.71. The predicted octanol–water partition coefficient (Wildman–Crippen LogP) is 1.71. The van der Waals surface area contributed by atoms with E-state index in [2.05, 4.69) is 20.3 Å². The Morgan fingerprint density at radius 3 is 2.30 bits per heavy atom. The van der Waals surface area contributed by atoms with Gasteiger partial charge in [-0.25, -0.2) is 18.1 Å². The standard InChI is InChI=1S/C18H30N4O3S.HI/c1-3-20-18(22-16-8-10-17(23)11-9-16)21-12-14-4-6-15(7-5-14)13-26(24,25)19-2;/h4-7,16-17,19,23H,3,8-13H2,1-2H3,(H2,20,21,22);1H. The average Bonchev–Trinajstić information content (AvgIpc) is 2.63. The normalized spacial score (nSPS) is 20.6. The lowest BCUT2D eigenvalue weighted by molar-refractivity contribution is 0.120. The van der Waals surface area contributed by atoms with Crippen LogP contribution in [0.5, 0.6) is 0 Å². The molecule has 1 fully saturated rings. The van der Waals surface area contributed by atoms with Crippen molar-refractivity contribution in [3.63, 3.8) is 0 Å². The molecular formula is C18H31IN4O3S. The number of hydrogen-bond acceptors (Lipinski definition) is 4. The summed E-state index contributed by atoms with van der Waals surface area (Å²) in [6, 6.07) is 7.80. The smallest absolute Gasteiger partial charge is 0.215 e. The van der Waals surface area contributed by atoms with E-state index in [1.165, 1.54) is 7.05 Å². The fourth-order valence-electron chi connectivity index (χ4n) is 2.94. The first-order valence-electron chi connectivity index (χ1n) is 9.13. The SMILES string of the molecule is CCNC(=NCc1ccc(CS(=O)(=O)NC)cc1)NC1CCC(O)CC1.I. The molecule has 1 aliphatic carbocycles. The molecule has 154 valence electrons. The van der Waals surface area contributed by atoms with Gasteiger partial charge < -0.3 is 15.7 Å². The molecule has 1 saturated carbocycles. The second-order valence-corrected chi connectivity index (χ2v) is 8.55. The van der Waals surface area contributed by atoms with Crippen LogP contribution in [0.3, 0.4) is 0 Å². The number of rotatable bonds is 7. The van der Waals surface area contributed by atoms with Crippen LogP contribution in [0.2, 0.25) is 0 Å². The fraction of sp³-hybridized carbons (Fsp3) is 0.611. The lowest BCUT2D eigenvalue weighted by Gasteiger charge is -2.27. The third-order valence-corrected chi connectivity index (χ3v) is 5.83. The minimum absolute atomic E-state index is 0. The van der Waals surface area contributed by atoms with E-state index in [1.54, 1.807) is 0 Å². The quantitative estimate of drug-likeness (QED) is 0.254. The second-order valence-electron chi connectivity index (χ2n) is 6.62. The maximum atomic E-state index is 11.6. The Morgan fingerprint density at radius 1 is 1.15 bits per heavy atom. The first-order valence-corrected chi connectivity index (χ1v) is 10.8. The van der Waals surface area contributed by atoms with Crippen molar-refractivity contribution in [2.24, 2.45) is 4.99 Å². The van der Waals surface area contributed by atoms with Gasteiger partial charge in [-0.3, -0.25) is 0 Å². The lowest BCUT2D eigenvalue weighted by atomic mass is 9.93. The van der Waals surface area contributed by atoms with Crippen LogP contribution in [-0.4, -0.2) is 45.2 Å². The van der Waals surface area contributed by atoms with Crippen LogP contribution >= 0.6 is 24.0 Å². The lowest BCUT2D eigenvalue weighted by Crippen LogP contribution is -2.45. The number of nitrogens with zero attached hydrogens (tertiary/aromatic N) is 1. The van der Waals surface area contributed by atoms with Crippen LogP contribution in [0.4, 0.5) is 0 Å². The Hall–Kier alpha value is -0.910. The summed E-state index contributed by atoms with van der Waals surface area (Å²) in [5.74, 6) is 0.751. The third-order valence-electron chi connectivity index (χ3n) is 4.49. The number of aliphatic imine (C=N–C) groups is 1. The van der Waals surface area contributed by atoms with Gasteiger partial charge in [0.25, 0.3) is 0 Å². The van der Waals surface area contributed by atoms with Gasteiger partial charge >= 0.3 is 0 Å². The summed E-state index contributed by atoms with van der Waals surface area (Å²) in [5, 5.41) is 16.3. The predicted molar refractivity (Wildman–Crippen MR) is 120 cm³/mol. The highest BCUT2D eigenvalue weighted by molar-refractivity contribution is 14.0. The Kier molecular flexibility index (Phi) is 10.6. The summed E-state index contributed by atoms with van der Waals surface area (Å²) in [5.41, 5.74) is 1.77. The van der Waals surface area contributed by atoms with Gasteiger partial charge in [-0.2, -0.15) is 0 Å². The van der Waals surface area contributed by atoms with Crippen molar-refractivity contribution in [3.05, 3.63) is 35.4 Å². The summed E-state index contributed by atoms with van der Waals surface area (Å²) in [7, 11) is -1.84. The Balaban J connectivity index is 0.00000364. The minimum Gasteiger partial charge on any atom is -0.393 e. The molecule has 9 heteroatoms. The molecule has 0 spiro atoms. The van der Waals surface area contributed by atoms with E-state index in [1.807, 2.05) is 31.2 Å². The molecule has 0 unspecified atom stereocenters. The molecule has 7 nitrogen and oxygen atoms in total. The Morgan fingerprint density at radius 2 is 1.74 bits per heavy atom. The maximum absolute atomic E-state index is 11.6. The molecule has 0 bridgehead atoms. The van der Waals surface area contributed by atoms with Crippen molar-refractivity contribution in [2.75, 3.05) is 13.6 Å². The van der Waals surface area contributed by atoms with Gasteiger partial charge in [0, 0.05) is 12.6 Å². The van der Waals surface area contributed by atoms with E-state index >= 15 is 0 Å². The number of benzene rings is 1. The van der Waals surface area contributed by atoms with E-state index in [-0.39, 0.29) is 35.8 Å². The molecular weight excluding hydrogens is 479 g/mol. The molecule has 0 aromatic heterocycles. The van der Waals surface area contributed by atoms with Crippen molar-refractivity contribution >= 4 is 40.0 Å². The number of hydrogen-bond donors (Lipinski definition) is 4. The van der Waals surface area contributed by atoms with Gasteiger partial charge in [-0.05, 0) is 50.8 Å². The number of aliphatic hydroxyl groups excluding tert-OH is 1. The van der Waals surface area contributed by atoms with E-state index < -0.39 is 10.0 Å². The van der Waals surface area contributed by atoms with Gasteiger partial charge in [-0.1, -0.05) is 24.3 Å². The van der Waals surface area contributed by atoms with Gasteiger partial charge in [0.2, 0.25) is 10.0 Å². The molecule has 2 rings (SSSR count). The minimum atomic E-state index is -3.25. The van der Waals surface area contributed by atoms with E-state index in [4.69, 9.17) is 0 Å². The Labute approximate surface area is 179 Å². The molecule has 1 aliphatic rings. The highest BCUT2D eigenvalue weighted by Crippen LogP contribution is 2.18. The van der Waals surface area contributed by atoms with Crippen LogP contribution in [0, 0.1) is 0 Å². The summed E-state index contributed by atoms with van der Waals surface area (Å²) in [6.45, 7) is 3.32. The molecule has 1 aromatic rings. The van der Waals surface area contributed by atoms with Crippen LogP contribution < -0.4 is 15.4 Å². The molecule has 1 aromatic carbocycles. The van der Waals surface area contributed by atoms with Crippen LogP contribution in [0.25, 0.3) is 0 Å². The third kappa shape index (κ3) is 8.75. The van der Waals surface area contributed by atoms with Crippen molar-refractivity contribution in [2.45, 2.75) is 57.1 Å². The zero-order valence-electron chi connectivity index (χ0n) is 15.9. The second kappa shape index (κ2) is 11.8. The van der Waals surface area contributed by atoms with E-state index in [9.17, 15) is 13.5 Å². The van der Waals surface area contributed by atoms with Gasteiger partial charge in [0.15, 0.2) is 5.96 Å². The zero-order valence-corrected chi connectivity index (χ0v) is 19.1. The number of sulfonamides is 1. The first kappa shape index (κ1) is 24.1. The number of nitrogens with one attached hydrogen (secondary N) is 3. The first-order chi connectivity index (χ1) is 12.4. The molecule has 0 aliphatic heterocycles. The summed E-state index contributed by atoms with van der Waals surface area (Å²) < 4.78 is 25.5. The highest BCUT2D eigenvalue weighted by atomic mass is 127. The molecule has 0 heterocycles. The molecule has 0 radical (unpaired) electrons. The molecule has 0 atom stereocenters. The van der Waals surface area contributed by atoms with E-state index in [0.29, 0.717) is 12.6 Å².